The molecule has 121 heavy (non-hydrogen) atoms. The van der Waals surface area contributed by atoms with Crippen LogP contribution in [0, 0.1) is 0 Å². The Morgan fingerprint density at radius 1 is 0.174 bits per heavy atom. The van der Waals surface area contributed by atoms with Crippen molar-refractivity contribution in [3.63, 3.8) is 0 Å². The Kier molecular flexibility index (Phi) is 22.7. The SMILES string of the molecule is O=C(Oc1cc(C(=O)OC2O[C@H](OC(=O)c3cc(O)c(O)c(OC(=O)c4cc(O)c(O)c(O)c4)c3)[C@@H](OC(=O)c3cc(O)c(O)c(OC(=O)c4cc(O)c(O)c(O)c4)c3)C(OC(=O)c3cc(O)c(O)c(OC(=O)c4cc(O)c(O)c(O)c4)c3)[C@H]2OC(=O)c2cc(O)c(O)c(OC(=O)c3cc(O)c(O)c(O)c3)c2)cc(O)c1O)c1cc(O)c(O)c(O)c1. The van der Waals surface area contributed by atoms with Crippen LogP contribution < -0.4 is 23.7 Å². The van der Waals surface area contributed by atoms with E-state index in [4.69, 9.17) is 52.1 Å². The van der Waals surface area contributed by atoms with Crippen LogP contribution in [-0.2, 0) is 28.4 Å². The van der Waals surface area contributed by atoms with Crippen molar-refractivity contribution in [1.29, 1.82) is 0 Å². The largest absolute Gasteiger partial charge is 0.504 e. The lowest BCUT2D eigenvalue weighted by molar-refractivity contribution is -0.322. The van der Waals surface area contributed by atoms with Crippen molar-refractivity contribution in [2.45, 2.75) is 30.9 Å². The van der Waals surface area contributed by atoms with Crippen LogP contribution in [0.25, 0.3) is 0 Å². The van der Waals surface area contributed by atoms with E-state index in [2.05, 4.69) is 0 Å². The van der Waals surface area contributed by atoms with Crippen molar-refractivity contribution in [3.8, 4) is 172 Å². The highest BCUT2D eigenvalue weighted by atomic mass is 16.8. The van der Waals surface area contributed by atoms with Gasteiger partial charge in [0.1, 0.15) is 0 Å². The number of carbonyl (C=O) groups is 10. The van der Waals surface area contributed by atoms with Gasteiger partial charge in [-0.3, -0.25) is 4.74 Å². The van der Waals surface area contributed by atoms with Gasteiger partial charge >= 0.3 is 59.7 Å². The van der Waals surface area contributed by atoms with E-state index in [1.807, 2.05) is 0 Å². The maximum Gasteiger partial charge on any atom is 0.343 e. The van der Waals surface area contributed by atoms with E-state index in [1.165, 1.54) is 0 Å². The second-order valence-corrected chi connectivity index (χ2v) is 24.8. The van der Waals surface area contributed by atoms with Gasteiger partial charge in [-0.05, 0) is 121 Å². The Morgan fingerprint density at radius 2 is 0.306 bits per heavy atom. The second kappa shape index (κ2) is 32.8. The maximum atomic E-state index is 15.3. The van der Waals surface area contributed by atoms with Gasteiger partial charge < -0.3 is 175 Å². The number of hydrogen-bond donors (Lipinski definition) is 25. The molecule has 11 rings (SSSR count). The van der Waals surface area contributed by atoms with Gasteiger partial charge in [0.15, 0.2) is 150 Å². The monoisotopic (exact) mass is 1690 g/mol. The van der Waals surface area contributed by atoms with Crippen LogP contribution in [0.5, 0.6) is 172 Å². The summed E-state index contributed by atoms with van der Waals surface area (Å²) in [6.45, 7) is 0. The Morgan fingerprint density at radius 3 is 0.471 bits per heavy atom. The summed E-state index contributed by atoms with van der Waals surface area (Å²) in [5, 5.41) is 261. The van der Waals surface area contributed by atoms with Crippen molar-refractivity contribution in [1.82, 2.24) is 0 Å². The molecule has 5 atom stereocenters. The minimum absolute atomic E-state index is 0.263. The molecule has 0 amide bonds. The van der Waals surface area contributed by atoms with E-state index >= 15 is 14.4 Å². The average molecular weight is 1690 g/mol. The number of rotatable bonds is 20. The van der Waals surface area contributed by atoms with E-state index in [0.29, 0.717) is 103 Å². The first kappa shape index (κ1) is 83.8. The van der Waals surface area contributed by atoms with Crippen molar-refractivity contribution >= 4 is 59.7 Å². The first-order valence-electron chi connectivity index (χ1n) is 32.7. The Balaban J connectivity index is 1.10. The molecule has 0 radical (unpaired) electrons. The Bertz CT molecular complexity index is 5660. The molecule has 1 fully saturated rings. The van der Waals surface area contributed by atoms with Crippen molar-refractivity contribution in [2.75, 3.05) is 0 Å². The number of carbonyl (C=O) groups excluding carboxylic acids is 10. The molecule has 0 saturated carbocycles. The molecular weight excluding hydrogens is 1640 g/mol. The second-order valence-electron chi connectivity index (χ2n) is 24.8. The third-order valence-electron chi connectivity index (χ3n) is 16.6. The maximum absolute atomic E-state index is 15.3. The molecule has 25 N–H and O–H groups in total. The molecule has 1 saturated heterocycles. The first-order chi connectivity index (χ1) is 56.9. The molecule has 0 bridgehead atoms. The molecule has 10 aromatic rings. The molecule has 10 aromatic carbocycles. The summed E-state index contributed by atoms with van der Waals surface area (Å²) in [5.74, 6) is -57.4. The summed E-state index contributed by atoms with van der Waals surface area (Å²) in [5.41, 5.74) is -10.4. The number of aromatic hydroxyl groups is 25. The van der Waals surface area contributed by atoms with Gasteiger partial charge in [-0.15, -0.1) is 0 Å². The van der Waals surface area contributed by atoms with E-state index in [-0.39, 0.29) is 18.2 Å². The van der Waals surface area contributed by atoms with Crippen LogP contribution in [0.15, 0.2) is 121 Å². The van der Waals surface area contributed by atoms with Gasteiger partial charge in [-0.2, -0.15) is 0 Å². The lowest BCUT2D eigenvalue weighted by Crippen LogP contribution is -2.63. The van der Waals surface area contributed by atoms with Crippen LogP contribution in [-0.4, -0.2) is 218 Å². The van der Waals surface area contributed by atoms with Gasteiger partial charge in [-0.25, -0.2) is 47.9 Å². The quantitative estimate of drug-likeness (QED) is 0.0211. The number of benzene rings is 10. The van der Waals surface area contributed by atoms with E-state index in [1.54, 1.807) is 0 Å². The molecule has 2 unspecified atom stereocenters. The Labute approximate surface area is 665 Å². The molecule has 0 aromatic heterocycles. The molecular formula is C75H50O46. The summed E-state index contributed by atoms with van der Waals surface area (Å²) < 4.78 is 60.1. The number of phenols is 25. The van der Waals surface area contributed by atoms with E-state index in [0.717, 1.165) is 0 Å². The highest BCUT2D eigenvalue weighted by Crippen LogP contribution is 2.48. The van der Waals surface area contributed by atoms with Crippen LogP contribution in [0.4, 0.5) is 0 Å². The lowest BCUT2D eigenvalue weighted by atomic mass is 10.0. The number of phenolic OH excluding ortho intramolecular Hbond substituents is 25. The molecule has 626 valence electrons. The number of esters is 10. The van der Waals surface area contributed by atoms with Gasteiger partial charge in [-0.1, -0.05) is 0 Å². The molecule has 1 aliphatic heterocycles. The predicted molar refractivity (Wildman–Crippen MR) is 378 cm³/mol. The molecule has 46 heteroatoms. The summed E-state index contributed by atoms with van der Waals surface area (Å²) >= 11 is 0. The fraction of sp³-hybridized carbons (Fsp3) is 0.0667. The molecule has 1 aliphatic rings. The predicted octanol–water partition coefficient (Wildman–Crippen LogP) is 4.80. The molecule has 0 spiro atoms. The molecule has 1 heterocycles. The van der Waals surface area contributed by atoms with Crippen LogP contribution in [0.3, 0.4) is 0 Å². The normalized spacial score (nSPS) is 14.7. The summed E-state index contributed by atoms with van der Waals surface area (Å²) in [6, 6.07) is 7.92. The average Bonchev–Trinajstić information content (AvgIpc) is 0.761. The number of hydrogen-bond acceptors (Lipinski definition) is 46. The standard InChI is InChI=1S/C75H50O46/c76-31-1-21(2-32(77)51(31)91)64(101)111-46-16-26(11-41(86)56(46)96)69(106)116-61-62(117-70(107)27-12-42(87)57(97)47(17-27)112-65(102)22-3-33(78)52(92)34(79)4-22)74(119-72(109)29-14-44(89)59(99)49(19-29)114-67(104)24-7-37(82)54(94)38(83)8-24)121-75(120-73(110)30-15-45(90)60(100)50(20-30)115-68(105)25-9-39(84)55(95)40(85)10-25)63(61)118-71(108)28-13-43(88)58(98)48(18-28)113-66(103)23-5-35(80)53(93)36(81)6-23/h1-20,61-63,74-100H/t61?,62-,63+,74-,75?/m0/s1. The number of ether oxygens (including phenoxy) is 11. The third kappa shape index (κ3) is 17.4. The zero-order chi connectivity index (χ0) is 88.7. The van der Waals surface area contributed by atoms with Crippen LogP contribution >= 0.6 is 0 Å². The minimum atomic E-state index is -3.25. The zero-order valence-corrected chi connectivity index (χ0v) is 59.2. The highest BCUT2D eigenvalue weighted by molar-refractivity contribution is 6.00. The van der Waals surface area contributed by atoms with Crippen LogP contribution in [0.2, 0.25) is 0 Å². The summed E-state index contributed by atoms with van der Waals surface area (Å²) in [6.07, 6.45) is -16.2. The van der Waals surface area contributed by atoms with Gasteiger partial charge in [0, 0.05) is 0 Å². The van der Waals surface area contributed by atoms with E-state index in [9.17, 15) is 161 Å². The summed E-state index contributed by atoms with van der Waals surface area (Å²) in [4.78, 5) is 143. The summed E-state index contributed by atoms with van der Waals surface area (Å²) in [7, 11) is 0. The smallest absolute Gasteiger partial charge is 0.343 e. The minimum Gasteiger partial charge on any atom is -0.504 e. The van der Waals surface area contributed by atoms with Gasteiger partial charge in [0.25, 0.3) is 0 Å². The van der Waals surface area contributed by atoms with E-state index < -0.39 is 319 Å². The van der Waals surface area contributed by atoms with Gasteiger partial charge in [0.2, 0.25) is 53.5 Å². The topological polar surface area (TPSA) is 778 Å². The van der Waals surface area contributed by atoms with Gasteiger partial charge in [0.05, 0.1) is 55.6 Å². The first-order valence-corrected chi connectivity index (χ1v) is 32.7. The zero-order valence-electron chi connectivity index (χ0n) is 59.2. The molecule has 46 nitrogen and oxygen atoms in total. The lowest BCUT2D eigenvalue weighted by Gasteiger charge is -2.43. The molecule has 0 aliphatic carbocycles. The van der Waals surface area contributed by atoms with Crippen molar-refractivity contribution in [3.05, 3.63) is 177 Å². The fourth-order valence-corrected chi connectivity index (χ4v) is 10.6. The fourth-order valence-electron chi connectivity index (χ4n) is 10.6. The van der Waals surface area contributed by atoms with Crippen molar-refractivity contribution in [2.24, 2.45) is 0 Å². The van der Waals surface area contributed by atoms with Crippen molar-refractivity contribution < 1.29 is 228 Å². The van der Waals surface area contributed by atoms with Crippen LogP contribution in [0.1, 0.15) is 104 Å². The third-order valence-corrected chi connectivity index (χ3v) is 16.6. The highest BCUT2D eigenvalue weighted by Gasteiger charge is 2.57. The Hall–Kier alpha value is -18.1.